The number of halogens is 1. The molecule has 0 aromatic carbocycles. The summed E-state index contributed by atoms with van der Waals surface area (Å²) in [5, 5.41) is 8.93. The first kappa shape index (κ1) is 16.4. The van der Waals surface area contributed by atoms with Crippen LogP contribution in [0.1, 0.15) is 34.1 Å². The minimum absolute atomic E-state index is 0.180. The van der Waals surface area contributed by atoms with Crippen LogP contribution in [0.3, 0.4) is 0 Å². The Balaban J connectivity index is 3.12. The molecule has 0 spiro atoms. The average Bonchev–Trinajstić information content (AvgIpc) is 2.39. The van der Waals surface area contributed by atoms with Crippen LogP contribution in [0.5, 0.6) is 0 Å². The van der Waals surface area contributed by atoms with Crippen LogP contribution in [-0.4, -0.2) is 40.6 Å². The summed E-state index contributed by atoms with van der Waals surface area (Å²) in [6.45, 7) is 10.3. The molecule has 0 bridgehead atoms. The molecule has 7 heteroatoms. The molecule has 0 aliphatic carbocycles. The SMILES string of the molecule is CCN(CC)c1nc(Cl)nc(N(CCC#N)C(C)C)n1. The van der Waals surface area contributed by atoms with Crippen molar-refractivity contribution in [3.8, 4) is 6.07 Å². The maximum Gasteiger partial charge on any atom is 0.231 e. The number of nitrogens with zero attached hydrogens (tertiary/aromatic N) is 6. The van der Waals surface area contributed by atoms with Gasteiger partial charge >= 0.3 is 0 Å². The molecule has 110 valence electrons. The van der Waals surface area contributed by atoms with E-state index in [4.69, 9.17) is 16.9 Å². The molecule has 0 aliphatic heterocycles. The van der Waals surface area contributed by atoms with Crippen LogP contribution in [0.15, 0.2) is 0 Å². The van der Waals surface area contributed by atoms with Crippen LogP contribution >= 0.6 is 11.6 Å². The Kier molecular flexibility index (Phi) is 6.46. The number of rotatable bonds is 7. The lowest BCUT2D eigenvalue weighted by Crippen LogP contribution is -2.34. The van der Waals surface area contributed by atoms with E-state index in [1.807, 2.05) is 37.5 Å². The van der Waals surface area contributed by atoms with E-state index in [-0.39, 0.29) is 11.3 Å². The van der Waals surface area contributed by atoms with Gasteiger partial charge in [-0.2, -0.15) is 20.2 Å². The fourth-order valence-corrected chi connectivity index (χ4v) is 2.02. The summed E-state index contributed by atoms with van der Waals surface area (Å²) in [4.78, 5) is 16.8. The molecule has 0 N–H and O–H groups in total. The first-order valence-electron chi connectivity index (χ1n) is 6.83. The van der Waals surface area contributed by atoms with E-state index in [0.29, 0.717) is 24.9 Å². The van der Waals surface area contributed by atoms with Gasteiger partial charge in [0.25, 0.3) is 0 Å². The van der Waals surface area contributed by atoms with Crippen LogP contribution < -0.4 is 9.80 Å². The first-order chi connectivity index (χ1) is 9.53. The molecule has 0 aliphatic rings. The lowest BCUT2D eigenvalue weighted by atomic mass is 10.3. The van der Waals surface area contributed by atoms with Gasteiger partial charge in [-0.25, -0.2) is 0 Å². The maximum atomic E-state index is 8.75. The zero-order chi connectivity index (χ0) is 15.1. The Morgan fingerprint density at radius 3 is 2.25 bits per heavy atom. The molecule has 1 rings (SSSR count). The monoisotopic (exact) mass is 296 g/mol. The fourth-order valence-electron chi connectivity index (χ4n) is 1.87. The van der Waals surface area contributed by atoms with Gasteiger partial charge in [-0.15, -0.1) is 0 Å². The van der Waals surface area contributed by atoms with Gasteiger partial charge in [0, 0.05) is 25.7 Å². The Morgan fingerprint density at radius 2 is 1.75 bits per heavy atom. The van der Waals surface area contributed by atoms with Crippen molar-refractivity contribution in [2.24, 2.45) is 0 Å². The third-order valence-electron chi connectivity index (χ3n) is 2.98. The lowest BCUT2D eigenvalue weighted by molar-refractivity contribution is 0.660. The highest BCUT2D eigenvalue weighted by Crippen LogP contribution is 2.18. The van der Waals surface area contributed by atoms with Gasteiger partial charge in [-0.3, -0.25) is 0 Å². The number of hydrogen-bond acceptors (Lipinski definition) is 6. The Hall–Kier alpha value is -1.61. The molecule has 1 heterocycles. The zero-order valence-corrected chi connectivity index (χ0v) is 13.2. The molecule has 1 aromatic rings. The summed E-state index contributed by atoms with van der Waals surface area (Å²) in [6, 6.07) is 2.33. The molecule has 6 nitrogen and oxygen atoms in total. The van der Waals surface area contributed by atoms with Crippen molar-refractivity contribution in [3.63, 3.8) is 0 Å². The number of anilines is 2. The zero-order valence-electron chi connectivity index (χ0n) is 12.5. The number of aromatic nitrogens is 3. The third kappa shape index (κ3) is 4.20. The molecule has 0 fully saturated rings. The summed E-state index contributed by atoms with van der Waals surface area (Å²) in [7, 11) is 0. The van der Waals surface area contributed by atoms with Crippen LogP contribution in [0.4, 0.5) is 11.9 Å². The second-order valence-corrected chi connectivity index (χ2v) is 4.91. The van der Waals surface area contributed by atoms with Crippen LogP contribution in [0.25, 0.3) is 0 Å². The van der Waals surface area contributed by atoms with E-state index >= 15 is 0 Å². The van der Waals surface area contributed by atoms with Gasteiger partial charge in [-0.05, 0) is 39.3 Å². The van der Waals surface area contributed by atoms with Crippen LogP contribution in [0.2, 0.25) is 5.28 Å². The smallest absolute Gasteiger partial charge is 0.231 e. The topological polar surface area (TPSA) is 68.9 Å². The fraction of sp³-hybridized carbons (Fsp3) is 0.692. The Morgan fingerprint density at radius 1 is 1.15 bits per heavy atom. The van der Waals surface area contributed by atoms with E-state index in [9.17, 15) is 0 Å². The molecule has 0 unspecified atom stereocenters. The van der Waals surface area contributed by atoms with Gasteiger partial charge in [0.15, 0.2) is 0 Å². The average molecular weight is 297 g/mol. The van der Waals surface area contributed by atoms with Crippen molar-refractivity contribution in [1.29, 1.82) is 5.26 Å². The number of hydrogen-bond donors (Lipinski definition) is 0. The molecule has 0 saturated carbocycles. The molecule has 0 amide bonds. The lowest BCUT2D eigenvalue weighted by Gasteiger charge is -2.27. The third-order valence-corrected chi connectivity index (χ3v) is 3.14. The van der Waals surface area contributed by atoms with Crippen molar-refractivity contribution in [2.45, 2.75) is 40.2 Å². The highest BCUT2D eigenvalue weighted by Gasteiger charge is 2.17. The van der Waals surface area contributed by atoms with Crippen molar-refractivity contribution < 1.29 is 0 Å². The van der Waals surface area contributed by atoms with Crippen molar-refractivity contribution >= 4 is 23.5 Å². The molecular formula is C13H21ClN6. The minimum atomic E-state index is 0.180. The Bertz CT molecular complexity index is 466. The van der Waals surface area contributed by atoms with Gasteiger partial charge < -0.3 is 9.80 Å². The second-order valence-electron chi connectivity index (χ2n) is 4.57. The van der Waals surface area contributed by atoms with Crippen molar-refractivity contribution in [1.82, 2.24) is 15.0 Å². The number of nitriles is 1. The molecule has 0 saturated heterocycles. The summed E-state index contributed by atoms with van der Waals surface area (Å²) in [6.07, 6.45) is 0.419. The van der Waals surface area contributed by atoms with Crippen molar-refractivity contribution in [2.75, 3.05) is 29.4 Å². The molecule has 1 aromatic heterocycles. The second kappa shape index (κ2) is 7.85. The predicted octanol–water partition coefficient (Wildman–Crippen LogP) is 2.50. The molecule has 0 atom stereocenters. The minimum Gasteiger partial charge on any atom is -0.341 e. The largest absolute Gasteiger partial charge is 0.341 e. The maximum absolute atomic E-state index is 8.75. The van der Waals surface area contributed by atoms with E-state index < -0.39 is 0 Å². The Labute approximate surface area is 125 Å². The summed E-state index contributed by atoms with van der Waals surface area (Å²) < 4.78 is 0. The van der Waals surface area contributed by atoms with Gasteiger partial charge in [0.1, 0.15) is 0 Å². The molecule has 20 heavy (non-hydrogen) atoms. The summed E-state index contributed by atoms with van der Waals surface area (Å²) >= 11 is 6.01. The van der Waals surface area contributed by atoms with Crippen molar-refractivity contribution in [3.05, 3.63) is 5.28 Å². The summed E-state index contributed by atoms with van der Waals surface area (Å²) in [5.41, 5.74) is 0. The standard InChI is InChI=1S/C13H21ClN6/c1-5-19(6-2)12-16-11(14)17-13(18-12)20(10(3)4)9-7-8-15/h10H,5-7,9H2,1-4H3. The van der Waals surface area contributed by atoms with Crippen LogP contribution in [-0.2, 0) is 0 Å². The van der Waals surface area contributed by atoms with Gasteiger partial charge in [-0.1, -0.05) is 0 Å². The van der Waals surface area contributed by atoms with E-state index in [2.05, 4.69) is 21.0 Å². The first-order valence-corrected chi connectivity index (χ1v) is 7.21. The highest BCUT2D eigenvalue weighted by molar-refractivity contribution is 6.28. The van der Waals surface area contributed by atoms with Gasteiger partial charge in [0.05, 0.1) is 12.5 Å². The summed E-state index contributed by atoms with van der Waals surface area (Å²) in [5.74, 6) is 1.10. The van der Waals surface area contributed by atoms with Crippen LogP contribution in [0, 0.1) is 11.3 Å². The van der Waals surface area contributed by atoms with Gasteiger partial charge in [0.2, 0.25) is 17.2 Å². The normalized spacial score (nSPS) is 10.4. The molecule has 0 radical (unpaired) electrons. The predicted molar refractivity (Wildman–Crippen MR) is 81.1 cm³/mol. The van der Waals surface area contributed by atoms with E-state index in [1.54, 1.807) is 0 Å². The quantitative estimate of drug-likeness (QED) is 0.770. The molecular weight excluding hydrogens is 276 g/mol. The van der Waals surface area contributed by atoms with E-state index in [1.165, 1.54) is 0 Å². The van der Waals surface area contributed by atoms with E-state index in [0.717, 1.165) is 13.1 Å². The highest BCUT2D eigenvalue weighted by atomic mass is 35.5.